The minimum atomic E-state index is -0.290. The average Bonchev–Trinajstić information content (AvgIpc) is 2.97. The van der Waals surface area contributed by atoms with Gasteiger partial charge in [-0.1, -0.05) is 19.3 Å². The third kappa shape index (κ3) is 2.22. The SMILES string of the molecule is O=C(NC1(CO)CCCCC1)C1CC2CC2C1. The lowest BCUT2D eigenvalue weighted by Gasteiger charge is -2.37. The van der Waals surface area contributed by atoms with Crippen molar-refractivity contribution in [2.45, 2.75) is 56.9 Å². The Bertz CT molecular complexity index is 299. The Morgan fingerprint density at radius 1 is 1.12 bits per heavy atom. The van der Waals surface area contributed by atoms with E-state index in [1.807, 2.05) is 0 Å². The molecule has 3 nitrogen and oxygen atoms in total. The van der Waals surface area contributed by atoms with E-state index < -0.39 is 0 Å². The zero-order valence-corrected chi connectivity index (χ0v) is 10.5. The maximum atomic E-state index is 12.2. The van der Waals surface area contributed by atoms with Gasteiger partial charge in [0.25, 0.3) is 0 Å². The molecule has 0 heterocycles. The fraction of sp³-hybridized carbons (Fsp3) is 0.929. The average molecular weight is 237 g/mol. The van der Waals surface area contributed by atoms with Crippen LogP contribution in [-0.4, -0.2) is 23.2 Å². The molecule has 0 aromatic heterocycles. The third-order valence-electron chi connectivity index (χ3n) is 5.12. The number of aliphatic hydroxyl groups is 1. The fourth-order valence-electron chi connectivity index (χ4n) is 3.84. The van der Waals surface area contributed by atoms with Crippen LogP contribution in [0.25, 0.3) is 0 Å². The highest BCUT2D eigenvalue weighted by atomic mass is 16.3. The first-order chi connectivity index (χ1) is 8.22. The molecular weight excluding hydrogens is 214 g/mol. The summed E-state index contributed by atoms with van der Waals surface area (Å²) in [5, 5.41) is 12.8. The molecule has 1 amide bonds. The molecule has 3 saturated carbocycles. The van der Waals surface area contributed by atoms with Gasteiger partial charge in [-0.15, -0.1) is 0 Å². The van der Waals surface area contributed by atoms with E-state index in [9.17, 15) is 9.90 Å². The standard InChI is InChI=1S/C14H23NO2/c16-9-14(4-2-1-3-5-14)15-13(17)12-7-10-6-11(10)8-12/h10-12,16H,1-9H2,(H,15,17). The first-order valence-electron chi connectivity index (χ1n) is 7.15. The molecule has 0 spiro atoms. The van der Waals surface area contributed by atoms with Crippen LogP contribution >= 0.6 is 0 Å². The van der Waals surface area contributed by atoms with Gasteiger partial charge in [0.05, 0.1) is 12.1 Å². The lowest BCUT2D eigenvalue weighted by Crippen LogP contribution is -2.54. The summed E-state index contributed by atoms with van der Waals surface area (Å²) in [6.45, 7) is 0.109. The van der Waals surface area contributed by atoms with Crippen molar-refractivity contribution in [1.29, 1.82) is 0 Å². The van der Waals surface area contributed by atoms with Gasteiger partial charge >= 0.3 is 0 Å². The Labute approximate surface area is 103 Å². The molecule has 3 aliphatic carbocycles. The van der Waals surface area contributed by atoms with E-state index in [0.717, 1.165) is 50.4 Å². The van der Waals surface area contributed by atoms with Crippen molar-refractivity contribution in [3.05, 3.63) is 0 Å². The normalized spacial score (nSPS) is 38.5. The van der Waals surface area contributed by atoms with Crippen molar-refractivity contribution >= 4 is 5.91 Å². The second-order valence-electron chi connectivity index (χ2n) is 6.41. The number of rotatable bonds is 3. The van der Waals surface area contributed by atoms with Gasteiger partial charge in [-0.25, -0.2) is 0 Å². The second kappa shape index (κ2) is 4.27. The van der Waals surface area contributed by atoms with Gasteiger partial charge in [0.2, 0.25) is 5.91 Å². The highest BCUT2D eigenvalue weighted by Crippen LogP contribution is 2.54. The molecule has 0 aromatic carbocycles. The predicted molar refractivity (Wildman–Crippen MR) is 65.4 cm³/mol. The molecule has 0 aliphatic heterocycles. The summed E-state index contributed by atoms with van der Waals surface area (Å²) in [4.78, 5) is 12.2. The first kappa shape index (κ1) is 11.5. The number of carbonyl (C=O) groups is 1. The van der Waals surface area contributed by atoms with Gasteiger partial charge in [0.15, 0.2) is 0 Å². The van der Waals surface area contributed by atoms with Gasteiger partial charge < -0.3 is 10.4 Å². The van der Waals surface area contributed by atoms with E-state index in [2.05, 4.69) is 5.32 Å². The number of aliphatic hydroxyl groups excluding tert-OH is 1. The van der Waals surface area contributed by atoms with Crippen molar-refractivity contribution in [3.63, 3.8) is 0 Å². The Morgan fingerprint density at radius 3 is 2.35 bits per heavy atom. The molecule has 3 heteroatoms. The zero-order chi connectivity index (χ0) is 11.9. The number of hydrogen-bond acceptors (Lipinski definition) is 2. The smallest absolute Gasteiger partial charge is 0.223 e. The molecule has 0 radical (unpaired) electrons. The quantitative estimate of drug-likeness (QED) is 0.787. The molecular formula is C14H23NO2. The lowest BCUT2D eigenvalue weighted by molar-refractivity contribution is -0.128. The van der Waals surface area contributed by atoms with Crippen LogP contribution in [0.15, 0.2) is 0 Å². The Kier molecular flexibility index (Phi) is 2.89. The van der Waals surface area contributed by atoms with E-state index in [-0.39, 0.29) is 24.0 Å². The summed E-state index contributed by atoms with van der Waals surface area (Å²) < 4.78 is 0. The number of amides is 1. The Balaban J connectivity index is 1.58. The Hall–Kier alpha value is -0.570. The van der Waals surface area contributed by atoms with Gasteiger partial charge in [0.1, 0.15) is 0 Å². The van der Waals surface area contributed by atoms with Crippen LogP contribution in [-0.2, 0) is 4.79 Å². The molecule has 3 fully saturated rings. The third-order valence-corrected chi connectivity index (χ3v) is 5.12. The molecule has 96 valence electrons. The fourth-order valence-corrected chi connectivity index (χ4v) is 3.84. The van der Waals surface area contributed by atoms with Crippen LogP contribution in [0, 0.1) is 17.8 Å². The van der Waals surface area contributed by atoms with Crippen LogP contribution in [0.3, 0.4) is 0 Å². The molecule has 2 unspecified atom stereocenters. The summed E-state index contributed by atoms with van der Waals surface area (Å²) in [5.41, 5.74) is -0.290. The summed E-state index contributed by atoms with van der Waals surface area (Å²) in [6, 6.07) is 0. The molecule has 0 aromatic rings. The lowest BCUT2D eigenvalue weighted by atomic mass is 9.81. The number of fused-ring (bicyclic) bond motifs is 1. The van der Waals surface area contributed by atoms with E-state index in [1.165, 1.54) is 12.8 Å². The largest absolute Gasteiger partial charge is 0.394 e. The van der Waals surface area contributed by atoms with Crippen LogP contribution in [0.4, 0.5) is 0 Å². The molecule has 0 bridgehead atoms. The highest BCUT2D eigenvalue weighted by molar-refractivity contribution is 5.80. The number of nitrogens with one attached hydrogen (secondary N) is 1. The van der Waals surface area contributed by atoms with Crippen LogP contribution in [0.5, 0.6) is 0 Å². The molecule has 3 aliphatic rings. The number of carbonyl (C=O) groups excluding carboxylic acids is 1. The van der Waals surface area contributed by atoms with Crippen LogP contribution in [0.2, 0.25) is 0 Å². The zero-order valence-electron chi connectivity index (χ0n) is 10.5. The van der Waals surface area contributed by atoms with Gasteiger partial charge in [-0.2, -0.15) is 0 Å². The predicted octanol–water partition coefficient (Wildman–Crippen LogP) is 1.84. The van der Waals surface area contributed by atoms with Crippen molar-refractivity contribution in [2.75, 3.05) is 6.61 Å². The van der Waals surface area contributed by atoms with E-state index in [0.29, 0.717) is 0 Å². The maximum absolute atomic E-state index is 12.2. The highest BCUT2D eigenvalue weighted by Gasteiger charge is 2.48. The van der Waals surface area contributed by atoms with Crippen molar-refractivity contribution in [3.8, 4) is 0 Å². The van der Waals surface area contributed by atoms with Gasteiger partial charge in [-0.05, 0) is 43.9 Å². The van der Waals surface area contributed by atoms with E-state index in [1.54, 1.807) is 0 Å². The van der Waals surface area contributed by atoms with E-state index in [4.69, 9.17) is 0 Å². The molecule has 2 N–H and O–H groups in total. The summed E-state index contributed by atoms with van der Waals surface area (Å²) in [5.74, 6) is 2.15. The molecule has 17 heavy (non-hydrogen) atoms. The summed E-state index contributed by atoms with van der Waals surface area (Å²) in [7, 11) is 0. The van der Waals surface area contributed by atoms with E-state index >= 15 is 0 Å². The van der Waals surface area contributed by atoms with Crippen molar-refractivity contribution < 1.29 is 9.90 Å². The minimum absolute atomic E-state index is 0.109. The number of hydrogen-bond donors (Lipinski definition) is 2. The van der Waals surface area contributed by atoms with Crippen LogP contribution < -0.4 is 5.32 Å². The topological polar surface area (TPSA) is 49.3 Å². The molecule has 3 rings (SSSR count). The van der Waals surface area contributed by atoms with Crippen LogP contribution in [0.1, 0.15) is 51.4 Å². The molecule has 0 saturated heterocycles. The second-order valence-corrected chi connectivity index (χ2v) is 6.41. The summed E-state index contributed by atoms with van der Waals surface area (Å²) in [6.07, 6.45) is 8.97. The molecule has 2 atom stereocenters. The monoisotopic (exact) mass is 237 g/mol. The van der Waals surface area contributed by atoms with Crippen molar-refractivity contribution in [2.24, 2.45) is 17.8 Å². The summed E-state index contributed by atoms with van der Waals surface area (Å²) >= 11 is 0. The van der Waals surface area contributed by atoms with Gasteiger partial charge in [0, 0.05) is 5.92 Å². The first-order valence-corrected chi connectivity index (χ1v) is 7.15. The maximum Gasteiger partial charge on any atom is 0.223 e. The Morgan fingerprint density at radius 2 is 1.76 bits per heavy atom. The minimum Gasteiger partial charge on any atom is -0.394 e. The van der Waals surface area contributed by atoms with Crippen molar-refractivity contribution in [1.82, 2.24) is 5.32 Å². The van der Waals surface area contributed by atoms with Gasteiger partial charge in [-0.3, -0.25) is 4.79 Å².